The number of fused-ring (bicyclic) bond motifs is 1. The zero-order valence-electron chi connectivity index (χ0n) is 15.8. The fraction of sp³-hybridized carbons (Fsp3) is 0.200. The highest BCUT2D eigenvalue weighted by Crippen LogP contribution is 2.26. The van der Waals surface area contributed by atoms with E-state index >= 15 is 0 Å². The fourth-order valence-corrected chi connectivity index (χ4v) is 3.57. The zero-order chi connectivity index (χ0) is 20.7. The highest BCUT2D eigenvalue weighted by molar-refractivity contribution is 5.85. The first kappa shape index (κ1) is 17.9. The molecule has 9 nitrogen and oxygen atoms in total. The summed E-state index contributed by atoms with van der Waals surface area (Å²) in [6.07, 6.45) is 1.55. The van der Waals surface area contributed by atoms with Crippen molar-refractivity contribution < 1.29 is 8.81 Å². The molecular weight excluding hydrogens is 387 g/mol. The van der Waals surface area contributed by atoms with Crippen LogP contribution in [0.3, 0.4) is 0 Å². The summed E-state index contributed by atoms with van der Waals surface area (Å²) < 4.78 is 19.7. The Labute approximate surface area is 170 Å². The third kappa shape index (κ3) is 3.06. The number of benzene rings is 1. The number of hydrogen-bond donors (Lipinski definition) is 2. The molecule has 1 aliphatic rings. The van der Waals surface area contributed by atoms with Crippen LogP contribution in [-0.2, 0) is 0 Å². The number of nitrogens with one attached hydrogen (secondary N) is 1. The van der Waals surface area contributed by atoms with Gasteiger partial charge in [0.1, 0.15) is 5.82 Å². The summed E-state index contributed by atoms with van der Waals surface area (Å²) in [6, 6.07) is 10.0. The van der Waals surface area contributed by atoms with Crippen LogP contribution in [0.25, 0.3) is 22.7 Å². The van der Waals surface area contributed by atoms with Crippen molar-refractivity contribution in [3.63, 3.8) is 0 Å². The van der Waals surface area contributed by atoms with Gasteiger partial charge in [0.2, 0.25) is 5.95 Å². The molecule has 4 heterocycles. The molecule has 0 amide bonds. The monoisotopic (exact) mass is 404 g/mol. The molecule has 150 valence electrons. The zero-order valence-corrected chi connectivity index (χ0v) is 15.8. The smallest absolute Gasteiger partial charge is 0.205 e. The quantitative estimate of drug-likeness (QED) is 0.534. The third-order valence-corrected chi connectivity index (χ3v) is 5.10. The Balaban J connectivity index is 1.36. The van der Waals surface area contributed by atoms with Gasteiger partial charge in [0.15, 0.2) is 28.6 Å². The molecule has 0 saturated carbocycles. The van der Waals surface area contributed by atoms with Crippen LogP contribution in [0.4, 0.5) is 21.8 Å². The number of furan rings is 1. The molecule has 3 aromatic heterocycles. The van der Waals surface area contributed by atoms with Crippen LogP contribution >= 0.6 is 0 Å². The number of nitrogens with zero attached hydrogens (tertiary/aromatic N) is 6. The minimum atomic E-state index is -0.389. The van der Waals surface area contributed by atoms with Crippen LogP contribution in [-0.4, -0.2) is 46.1 Å². The topological polar surface area (TPSA) is 124 Å². The number of halogens is 1. The summed E-state index contributed by atoms with van der Waals surface area (Å²) >= 11 is 0. The number of hydrogen-bond acceptors (Lipinski definition) is 8. The lowest BCUT2D eigenvalue weighted by Gasteiger charge is -2.36. The number of aromatic nitrogens is 4. The number of rotatable bonds is 3. The Kier molecular flexibility index (Phi) is 4.21. The van der Waals surface area contributed by atoms with Crippen LogP contribution in [0.5, 0.6) is 0 Å². The van der Waals surface area contributed by atoms with Crippen molar-refractivity contribution >= 4 is 28.6 Å². The van der Waals surface area contributed by atoms with E-state index in [4.69, 9.17) is 15.4 Å². The van der Waals surface area contributed by atoms with Crippen molar-refractivity contribution in [3.05, 3.63) is 48.0 Å². The van der Waals surface area contributed by atoms with E-state index in [0.717, 1.165) is 0 Å². The van der Waals surface area contributed by atoms with Crippen molar-refractivity contribution in [1.82, 2.24) is 19.9 Å². The average molecular weight is 404 g/mol. The number of nitriles is 1. The first-order valence-electron chi connectivity index (χ1n) is 9.39. The summed E-state index contributed by atoms with van der Waals surface area (Å²) in [6.45, 7) is 2.49. The van der Waals surface area contributed by atoms with Gasteiger partial charge in [-0.2, -0.15) is 5.26 Å². The summed E-state index contributed by atoms with van der Waals surface area (Å²) in [5.41, 5.74) is 7.92. The first-order chi connectivity index (χ1) is 14.6. The fourth-order valence-electron chi connectivity index (χ4n) is 3.57. The van der Waals surface area contributed by atoms with Crippen LogP contribution < -0.4 is 15.5 Å². The summed E-state index contributed by atoms with van der Waals surface area (Å²) in [5.74, 6) is 1.44. The van der Waals surface area contributed by atoms with E-state index in [1.165, 1.54) is 6.07 Å². The molecular formula is C20H17FN8O. The normalized spacial score (nSPS) is 14.3. The van der Waals surface area contributed by atoms with Gasteiger partial charge in [-0.05, 0) is 30.3 Å². The molecule has 1 saturated heterocycles. The number of nitrogens with two attached hydrogens (primary N) is 1. The molecule has 1 fully saturated rings. The molecule has 0 aliphatic carbocycles. The maximum Gasteiger partial charge on any atom is 0.205 e. The van der Waals surface area contributed by atoms with Crippen molar-refractivity contribution in [1.29, 1.82) is 5.26 Å². The molecule has 4 aromatic rings. The van der Waals surface area contributed by atoms with Gasteiger partial charge in [0.25, 0.3) is 0 Å². The highest BCUT2D eigenvalue weighted by Gasteiger charge is 2.23. The molecule has 0 spiro atoms. The Morgan fingerprint density at radius 1 is 1.10 bits per heavy atom. The minimum absolute atomic E-state index is 0.271. The average Bonchev–Trinajstić information content (AvgIpc) is 3.44. The number of imidazole rings is 1. The predicted molar refractivity (Wildman–Crippen MR) is 109 cm³/mol. The first-order valence-corrected chi connectivity index (χ1v) is 9.39. The Morgan fingerprint density at radius 2 is 1.90 bits per heavy atom. The van der Waals surface area contributed by atoms with Gasteiger partial charge in [0, 0.05) is 26.2 Å². The van der Waals surface area contributed by atoms with E-state index < -0.39 is 0 Å². The number of anilines is 3. The maximum absolute atomic E-state index is 14.3. The molecule has 3 N–H and O–H groups in total. The Morgan fingerprint density at radius 3 is 2.60 bits per heavy atom. The van der Waals surface area contributed by atoms with Gasteiger partial charge in [-0.25, -0.2) is 19.3 Å². The van der Waals surface area contributed by atoms with E-state index in [2.05, 4.69) is 24.8 Å². The largest absolute Gasteiger partial charge is 0.461 e. The summed E-state index contributed by atoms with van der Waals surface area (Å²) in [4.78, 5) is 20.5. The molecule has 1 aliphatic heterocycles. The van der Waals surface area contributed by atoms with Gasteiger partial charge >= 0.3 is 0 Å². The number of nitrogen functional groups attached to an aromatic ring is 1. The maximum atomic E-state index is 14.3. The molecule has 0 bridgehead atoms. The van der Waals surface area contributed by atoms with Gasteiger partial charge < -0.3 is 24.9 Å². The molecule has 0 unspecified atom stereocenters. The second-order valence-electron chi connectivity index (χ2n) is 6.92. The van der Waals surface area contributed by atoms with Crippen LogP contribution in [0.15, 0.2) is 41.0 Å². The molecule has 0 atom stereocenters. The predicted octanol–water partition coefficient (Wildman–Crippen LogP) is 2.53. The molecule has 1 aromatic carbocycles. The van der Waals surface area contributed by atoms with Gasteiger partial charge in [0.05, 0.1) is 23.6 Å². The lowest BCUT2D eigenvalue weighted by Crippen LogP contribution is -2.47. The number of H-pyrrole nitrogens is 1. The summed E-state index contributed by atoms with van der Waals surface area (Å²) in [7, 11) is 0. The second-order valence-corrected chi connectivity index (χ2v) is 6.92. The second kappa shape index (κ2) is 7.04. The molecule has 10 heteroatoms. The molecule has 5 rings (SSSR count). The number of piperazine rings is 1. The van der Waals surface area contributed by atoms with Crippen LogP contribution in [0.1, 0.15) is 5.56 Å². The van der Waals surface area contributed by atoms with Gasteiger partial charge in [-0.1, -0.05) is 0 Å². The van der Waals surface area contributed by atoms with E-state index in [0.29, 0.717) is 66.1 Å². The van der Waals surface area contributed by atoms with E-state index in [9.17, 15) is 4.39 Å². The third-order valence-electron chi connectivity index (χ3n) is 5.10. The van der Waals surface area contributed by atoms with E-state index in [-0.39, 0.29) is 11.6 Å². The van der Waals surface area contributed by atoms with Crippen molar-refractivity contribution in [2.45, 2.75) is 0 Å². The lowest BCUT2D eigenvalue weighted by atomic mass is 10.2. The highest BCUT2D eigenvalue weighted by atomic mass is 19.1. The standard InChI is InChI=1S/C20H17FN8O/c21-13-10-12(11-22)3-4-14(13)28-5-7-29(8-6-28)20-24-16-17(23)25-18(26-19(16)27-20)15-2-1-9-30-15/h1-4,9-10H,5-8H2,(H3,23,24,25,26,27). The molecule has 0 radical (unpaired) electrons. The van der Waals surface area contributed by atoms with Gasteiger partial charge in [-0.3, -0.25) is 0 Å². The Hall–Kier alpha value is -4.13. The van der Waals surface area contributed by atoms with Crippen LogP contribution in [0.2, 0.25) is 0 Å². The number of aromatic amines is 1. The van der Waals surface area contributed by atoms with Gasteiger partial charge in [-0.15, -0.1) is 0 Å². The molecule has 30 heavy (non-hydrogen) atoms. The van der Waals surface area contributed by atoms with E-state index in [1.54, 1.807) is 30.5 Å². The Bertz CT molecular complexity index is 1250. The van der Waals surface area contributed by atoms with Crippen molar-refractivity contribution in [2.24, 2.45) is 0 Å². The summed E-state index contributed by atoms with van der Waals surface area (Å²) in [5, 5.41) is 8.90. The van der Waals surface area contributed by atoms with Crippen molar-refractivity contribution in [3.8, 4) is 17.7 Å². The van der Waals surface area contributed by atoms with Crippen LogP contribution in [0, 0.1) is 17.1 Å². The minimum Gasteiger partial charge on any atom is -0.461 e. The SMILES string of the molecule is N#Cc1ccc(N2CCN(c3nc4c(N)nc(-c5ccco5)nc4[nH]3)CC2)c(F)c1. The lowest BCUT2D eigenvalue weighted by molar-refractivity contribution is 0.577. The van der Waals surface area contributed by atoms with Crippen molar-refractivity contribution in [2.75, 3.05) is 41.7 Å². The van der Waals surface area contributed by atoms with E-state index in [1.807, 2.05) is 11.0 Å².